The molecule has 5 heteroatoms. The van der Waals surface area contributed by atoms with Crippen molar-refractivity contribution in [2.24, 2.45) is 10.7 Å². The summed E-state index contributed by atoms with van der Waals surface area (Å²) in [5, 5.41) is 3.81. The summed E-state index contributed by atoms with van der Waals surface area (Å²) in [4.78, 5) is 4.33. The average Bonchev–Trinajstić information content (AvgIpc) is 2.57. The summed E-state index contributed by atoms with van der Waals surface area (Å²) in [6.45, 7) is 1.36. The Morgan fingerprint density at radius 3 is 2.65 bits per heavy atom. The van der Waals surface area contributed by atoms with E-state index in [-0.39, 0.29) is 0 Å². The summed E-state index contributed by atoms with van der Waals surface area (Å²) in [6.07, 6.45) is 1.66. The van der Waals surface area contributed by atoms with Gasteiger partial charge in [-0.2, -0.15) is 0 Å². The van der Waals surface area contributed by atoms with E-state index in [2.05, 4.69) is 22.4 Å². The standard InChI is InChI=1S/C18H22ClN3O/c1-23-16-8-7-15(17(19)13-16)10-12-22-18(20)21-11-9-14-5-3-2-4-6-14/h2-8,13H,9-12H2,1H3,(H3,20,21,22). The monoisotopic (exact) mass is 331 g/mol. The van der Waals surface area contributed by atoms with Crippen LogP contribution in [0.2, 0.25) is 5.02 Å². The minimum atomic E-state index is 0.463. The van der Waals surface area contributed by atoms with Gasteiger partial charge in [0, 0.05) is 18.1 Å². The Morgan fingerprint density at radius 2 is 1.96 bits per heavy atom. The second kappa shape index (κ2) is 9.06. The maximum Gasteiger partial charge on any atom is 0.188 e. The molecule has 0 saturated carbocycles. The van der Waals surface area contributed by atoms with E-state index in [0.717, 1.165) is 30.7 Å². The summed E-state index contributed by atoms with van der Waals surface area (Å²) in [7, 11) is 1.62. The summed E-state index contributed by atoms with van der Waals surface area (Å²) in [6, 6.07) is 15.9. The molecule has 2 aromatic rings. The fourth-order valence-electron chi connectivity index (χ4n) is 2.19. The van der Waals surface area contributed by atoms with Crippen molar-refractivity contribution in [1.82, 2.24) is 5.32 Å². The van der Waals surface area contributed by atoms with E-state index < -0.39 is 0 Å². The maximum absolute atomic E-state index is 6.20. The Kier molecular flexibility index (Phi) is 6.76. The molecule has 0 aliphatic rings. The van der Waals surface area contributed by atoms with E-state index in [1.807, 2.05) is 36.4 Å². The van der Waals surface area contributed by atoms with Crippen molar-refractivity contribution in [3.63, 3.8) is 0 Å². The van der Waals surface area contributed by atoms with Gasteiger partial charge in [0.05, 0.1) is 7.11 Å². The molecule has 0 aliphatic heterocycles. The smallest absolute Gasteiger partial charge is 0.188 e. The molecule has 122 valence electrons. The first kappa shape index (κ1) is 17.2. The molecule has 0 aliphatic carbocycles. The predicted molar refractivity (Wildman–Crippen MR) is 96.3 cm³/mol. The normalized spacial score (nSPS) is 11.3. The van der Waals surface area contributed by atoms with Crippen molar-refractivity contribution in [1.29, 1.82) is 0 Å². The second-order valence-corrected chi connectivity index (χ2v) is 5.54. The molecule has 2 aromatic carbocycles. The lowest BCUT2D eigenvalue weighted by atomic mass is 10.1. The van der Waals surface area contributed by atoms with E-state index in [1.165, 1.54) is 5.56 Å². The maximum atomic E-state index is 6.20. The second-order valence-electron chi connectivity index (χ2n) is 5.14. The molecule has 3 N–H and O–H groups in total. The Hall–Kier alpha value is -2.20. The number of hydrogen-bond donors (Lipinski definition) is 2. The molecule has 0 radical (unpaired) electrons. The molecule has 0 aromatic heterocycles. The van der Waals surface area contributed by atoms with Gasteiger partial charge in [-0.25, -0.2) is 0 Å². The molecule has 23 heavy (non-hydrogen) atoms. The van der Waals surface area contributed by atoms with Crippen molar-refractivity contribution in [3.8, 4) is 5.75 Å². The Balaban J connectivity index is 1.74. The molecule has 0 amide bonds. The first-order valence-corrected chi connectivity index (χ1v) is 7.97. The largest absolute Gasteiger partial charge is 0.497 e. The fourth-order valence-corrected chi connectivity index (χ4v) is 2.46. The summed E-state index contributed by atoms with van der Waals surface area (Å²) >= 11 is 6.20. The number of benzene rings is 2. The number of nitrogens with two attached hydrogens (primary N) is 1. The van der Waals surface area contributed by atoms with Crippen molar-refractivity contribution in [2.45, 2.75) is 12.8 Å². The van der Waals surface area contributed by atoms with Crippen molar-refractivity contribution < 1.29 is 4.74 Å². The lowest BCUT2D eigenvalue weighted by Gasteiger charge is -2.07. The van der Waals surface area contributed by atoms with E-state index in [4.69, 9.17) is 22.1 Å². The highest BCUT2D eigenvalue weighted by atomic mass is 35.5. The first-order valence-electron chi connectivity index (χ1n) is 7.59. The molecule has 4 nitrogen and oxygen atoms in total. The molecular weight excluding hydrogens is 310 g/mol. The van der Waals surface area contributed by atoms with E-state index in [0.29, 0.717) is 17.5 Å². The molecule has 0 bridgehead atoms. The number of nitrogens with zero attached hydrogens (tertiary/aromatic N) is 1. The third-order valence-electron chi connectivity index (χ3n) is 3.49. The van der Waals surface area contributed by atoms with Crippen LogP contribution in [0, 0.1) is 0 Å². The third kappa shape index (κ3) is 5.83. The van der Waals surface area contributed by atoms with Gasteiger partial charge >= 0.3 is 0 Å². The van der Waals surface area contributed by atoms with Gasteiger partial charge < -0.3 is 15.8 Å². The van der Waals surface area contributed by atoms with Crippen LogP contribution in [0.25, 0.3) is 0 Å². The van der Waals surface area contributed by atoms with Gasteiger partial charge in [-0.1, -0.05) is 48.0 Å². The number of rotatable bonds is 7. The number of guanidine groups is 1. The molecule has 0 fully saturated rings. The van der Waals surface area contributed by atoms with Crippen LogP contribution < -0.4 is 15.8 Å². The number of nitrogens with one attached hydrogen (secondary N) is 1. The minimum absolute atomic E-state index is 0.463. The Bertz CT molecular complexity index is 644. The van der Waals surface area contributed by atoms with Gasteiger partial charge in [0.1, 0.15) is 5.75 Å². The van der Waals surface area contributed by atoms with Crippen LogP contribution in [0.5, 0.6) is 5.75 Å². The molecular formula is C18H22ClN3O. The SMILES string of the molecule is COc1ccc(CCN=C(N)NCCc2ccccc2)c(Cl)c1. The van der Waals surface area contributed by atoms with Crippen LogP contribution in [-0.4, -0.2) is 26.2 Å². The number of halogens is 1. The first-order chi connectivity index (χ1) is 11.2. The molecule has 0 spiro atoms. The van der Waals surface area contributed by atoms with Crippen LogP contribution in [-0.2, 0) is 12.8 Å². The van der Waals surface area contributed by atoms with Crippen LogP contribution in [0.4, 0.5) is 0 Å². The van der Waals surface area contributed by atoms with Gasteiger partial charge in [0.25, 0.3) is 0 Å². The highest BCUT2D eigenvalue weighted by Crippen LogP contribution is 2.22. The summed E-state index contributed by atoms with van der Waals surface area (Å²) < 4.78 is 5.13. The zero-order valence-corrected chi connectivity index (χ0v) is 14.0. The predicted octanol–water partition coefficient (Wildman–Crippen LogP) is 3.04. The number of ether oxygens (including phenoxy) is 1. The zero-order chi connectivity index (χ0) is 16.5. The van der Waals surface area contributed by atoms with Crippen LogP contribution in [0.1, 0.15) is 11.1 Å². The van der Waals surface area contributed by atoms with E-state index in [9.17, 15) is 0 Å². The zero-order valence-electron chi connectivity index (χ0n) is 13.3. The van der Waals surface area contributed by atoms with E-state index in [1.54, 1.807) is 7.11 Å². The van der Waals surface area contributed by atoms with Crippen molar-refractivity contribution >= 4 is 17.6 Å². The molecule has 0 heterocycles. The molecule has 0 unspecified atom stereocenters. The van der Waals surface area contributed by atoms with E-state index >= 15 is 0 Å². The molecule has 0 atom stereocenters. The number of aliphatic imine (C=N–C) groups is 1. The van der Waals surface area contributed by atoms with Gasteiger partial charge in [-0.3, -0.25) is 4.99 Å². The van der Waals surface area contributed by atoms with Gasteiger partial charge in [-0.05, 0) is 36.1 Å². The number of hydrogen-bond acceptors (Lipinski definition) is 2. The lowest BCUT2D eigenvalue weighted by molar-refractivity contribution is 0.414. The molecule has 0 saturated heterocycles. The Morgan fingerprint density at radius 1 is 1.17 bits per heavy atom. The lowest BCUT2D eigenvalue weighted by Crippen LogP contribution is -2.33. The van der Waals surface area contributed by atoms with Crippen LogP contribution >= 0.6 is 11.6 Å². The quantitative estimate of drug-likeness (QED) is 0.605. The highest BCUT2D eigenvalue weighted by Gasteiger charge is 2.02. The Labute approximate surface area is 142 Å². The average molecular weight is 332 g/mol. The van der Waals surface area contributed by atoms with Crippen LogP contribution in [0.3, 0.4) is 0 Å². The fraction of sp³-hybridized carbons (Fsp3) is 0.278. The topological polar surface area (TPSA) is 59.6 Å². The van der Waals surface area contributed by atoms with Crippen molar-refractivity contribution in [2.75, 3.05) is 20.2 Å². The minimum Gasteiger partial charge on any atom is -0.497 e. The summed E-state index contributed by atoms with van der Waals surface area (Å²) in [5.41, 5.74) is 8.18. The van der Waals surface area contributed by atoms with Gasteiger partial charge in [0.15, 0.2) is 5.96 Å². The van der Waals surface area contributed by atoms with Crippen LogP contribution in [0.15, 0.2) is 53.5 Å². The summed E-state index contributed by atoms with van der Waals surface area (Å²) in [5.74, 6) is 1.22. The van der Waals surface area contributed by atoms with Crippen molar-refractivity contribution in [3.05, 3.63) is 64.7 Å². The third-order valence-corrected chi connectivity index (χ3v) is 3.84. The number of methoxy groups -OCH3 is 1. The van der Waals surface area contributed by atoms with Gasteiger partial charge in [0.2, 0.25) is 0 Å². The highest BCUT2D eigenvalue weighted by molar-refractivity contribution is 6.31. The van der Waals surface area contributed by atoms with Gasteiger partial charge in [-0.15, -0.1) is 0 Å². The molecule has 2 rings (SSSR count).